The van der Waals surface area contributed by atoms with E-state index in [4.69, 9.17) is 24.9 Å². The van der Waals surface area contributed by atoms with Gasteiger partial charge in [0.25, 0.3) is 0 Å². The molecule has 0 heterocycles. The molecule has 0 bridgehead atoms. The van der Waals surface area contributed by atoms with E-state index >= 15 is 0 Å². The maximum Gasteiger partial charge on any atom is 1.00 e. The zero-order valence-electron chi connectivity index (χ0n) is 11.2. The van der Waals surface area contributed by atoms with Crippen LogP contribution in [0, 0.1) is 0 Å². The summed E-state index contributed by atoms with van der Waals surface area (Å²) in [5.41, 5.74) is 0. The molecule has 0 saturated heterocycles. The first-order valence-electron chi connectivity index (χ1n) is 3.46. The van der Waals surface area contributed by atoms with Crippen LogP contribution in [-0.4, -0.2) is 36.0 Å². The van der Waals surface area contributed by atoms with Crippen LogP contribution >= 0.6 is 65.6 Å². The fraction of sp³-hybridized carbons (Fsp3) is 1.00. The molecule has 0 amide bonds. The van der Waals surface area contributed by atoms with Crippen LogP contribution in [0.1, 0.15) is 7.85 Å². The van der Waals surface area contributed by atoms with E-state index in [-0.39, 0.29) is 85.0 Å². The van der Waals surface area contributed by atoms with Crippen molar-refractivity contribution in [3.63, 3.8) is 0 Å². The fourth-order valence-electron chi connectivity index (χ4n) is 0.840. The van der Waals surface area contributed by atoms with Gasteiger partial charge in [-0.15, -0.1) is 11.6 Å². The molecule has 3 nitrogen and oxygen atoms in total. The first-order valence-corrected chi connectivity index (χ1v) is 5.92. The molecule has 0 aromatic rings. The Kier molecular flexibility index (Phi) is 52.1. The molecule has 0 unspecified atom stereocenters. The van der Waals surface area contributed by atoms with Crippen LogP contribution in [0.4, 0.5) is 0 Å². The van der Waals surface area contributed by atoms with E-state index in [1.165, 1.54) is 0 Å². The van der Waals surface area contributed by atoms with Crippen LogP contribution < -0.4 is 29.6 Å². The summed E-state index contributed by atoms with van der Waals surface area (Å²) < 4.78 is 15.5. The van der Waals surface area contributed by atoms with Gasteiger partial charge in [0.1, 0.15) is 0 Å². The monoisotopic (exact) mass is 358 g/mol. The van der Waals surface area contributed by atoms with Gasteiger partial charge in [-0.3, -0.25) is 0 Å². The SMILES string of the molecule is CO[Si](CCCCl)(OC)OC.S.S.S.S.[H-].[Na+]. The minimum absolute atomic E-state index is 0. The molecule has 0 atom stereocenters. The Balaban J connectivity index is -0.0000000333. The van der Waals surface area contributed by atoms with Gasteiger partial charge in [-0.2, -0.15) is 54.0 Å². The second-order valence-corrected chi connectivity index (χ2v) is 5.56. The summed E-state index contributed by atoms with van der Waals surface area (Å²) in [6.07, 6.45) is 0.864. The molecule has 0 aliphatic heterocycles. The Hall–Kier alpha value is 2.79. The van der Waals surface area contributed by atoms with Crippen LogP contribution in [-0.2, 0) is 13.3 Å². The standard InChI is InChI=1S/C6H15ClO3Si.Na.4H2S.H/c1-8-11(9-2,10-3)6-4-5-7;;;;;;/h4-6H2,1-3H3;;4*1H2;/q;+1;;;;;-1. The molecule has 102 valence electrons. The summed E-state index contributed by atoms with van der Waals surface area (Å²) >= 11 is 5.53. The Morgan fingerprint density at radius 2 is 1.25 bits per heavy atom. The molecule has 0 radical (unpaired) electrons. The van der Waals surface area contributed by atoms with Crippen molar-refractivity contribution in [1.29, 1.82) is 0 Å². The Labute approximate surface area is 157 Å². The van der Waals surface area contributed by atoms with Gasteiger partial charge in [-0.25, -0.2) is 0 Å². The predicted molar refractivity (Wildman–Crippen MR) is 89.6 cm³/mol. The van der Waals surface area contributed by atoms with Crippen molar-refractivity contribution in [2.24, 2.45) is 0 Å². The van der Waals surface area contributed by atoms with Crippen molar-refractivity contribution >= 4 is 74.4 Å². The molecule has 0 spiro atoms. The molecule has 0 saturated carbocycles. The zero-order chi connectivity index (χ0) is 8.74. The molecule has 0 N–H and O–H groups in total. The van der Waals surface area contributed by atoms with Gasteiger partial charge < -0.3 is 14.7 Å². The first kappa shape index (κ1) is 36.4. The van der Waals surface area contributed by atoms with Crippen molar-refractivity contribution in [1.82, 2.24) is 0 Å². The Bertz CT molecular complexity index is 113. The van der Waals surface area contributed by atoms with Gasteiger partial charge in [0.15, 0.2) is 0 Å². The summed E-state index contributed by atoms with van der Waals surface area (Å²) in [5.74, 6) is 0.616. The normalized spacial score (nSPS) is 8.25. The maximum absolute atomic E-state index is 5.53. The second-order valence-electron chi connectivity index (χ2n) is 2.09. The summed E-state index contributed by atoms with van der Waals surface area (Å²) in [7, 11) is 2.49. The summed E-state index contributed by atoms with van der Waals surface area (Å²) in [6.45, 7) is 0. The van der Waals surface area contributed by atoms with Gasteiger partial charge >= 0.3 is 38.4 Å². The molecule has 16 heavy (non-hydrogen) atoms. The van der Waals surface area contributed by atoms with Crippen LogP contribution in [0.25, 0.3) is 0 Å². The molecular weight excluding hydrogens is 335 g/mol. The largest absolute Gasteiger partial charge is 1.00 e. The number of hydrogen-bond acceptors (Lipinski definition) is 3. The van der Waals surface area contributed by atoms with Crippen molar-refractivity contribution in [3.8, 4) is 0 Å². The van der Waals surface area contributed by atoms with Crippen molar-refractivity contribution in [3.05, 3.63) is 0 Å². The van der Waals surface area contributed by atoms with Crippen LogP contribution in [0.3, 0.4) is 0 Å². The minimum Gasteiger partial charge on any atom is -1.00 e. The number of halogens is 1. The third-order valence-corrected chi connectivity index (χ3v) is 4.65. The van der Waals surface area contributed by atoms with Gasteiger partial charge in [0.2, 0.25) is 0 Å². The molecule has 0 aliphatic carbocycles. The molecule has 0 aromatic heterocycles. The Morgan fingerprint density at radius 3 is 1.44 bits per heavy atom. The van der Waals surface area contributed by atoms with Gasteiger partial charge in [-0.05, 0) is 6.42 Å². The smallest absolute Gasteiger partial charge is 1.00 e. The second kappa shape index (κ2) is 22.9. The molecule has 0 aromatic carbocycles. The predicted octanol–water partition coefficient (Wildman–Crippen LogP) is -0.939. The summed E-state index contributed by atoms with van der Waals surface area (Å²) in [6, 6.07) is 0.778. The topological polar surface area (TPSA) is 27.7 Å². The Morgan fingerprint density at radius 1 is 0.938 bits per heavy atom. The van der Waals surface area contributed by atoms with E-state index in [1.807, 2.05) is 0 Å². The maximum atomic E-state index is 5.53. The number of alkyl halides is 1. The van der Waals surface area contributed by atoms with Crippen molar-refractivity contribution in [2.45, 2.75) is 12.5 Å². The number of rotatable bonds is 6. The van der Waals surface area contributed by atoms with E-state index in [9.17, 15) is 0 Å². The molecule has 10 heteroatoms. The first-order chi connectivity index (χ1) is 5.24. The quantitative estimate of drug-likeness (QED) is 0.453. The van der Waals surface area contributed by atoms with Crippen molar-refractivity contribution < 1.29 is 44.3 Å². The van der Waals surface area contributed by atoms with Crippen LogP contribution in [0.15, 0.2) is 0 Å². The summed E-state index contributed by atoms with van der Waals surface area (Å²) in [5, 5.41) is 0. The zero-order valence-corrected chi connectivity index (χ0v) is 18.0. The molecule has 0 rings (SSSR count). The third kappa shape index (κ3) is 14.8. The average Bonchev–Trinajstić information content (AvgIpc) is 2.08. The molecular formula is C6H24ClNaO3S4Si. The van der Waals surface area contributed by atoms with Crippen LogP contribution in [0.2, 0.25) is 6.04 Å². The average molecular weight is 359 g/mol. The van der Waals surface area contributed by atoms with Gasteiger partial charge in [0, 0.05) is 33.3 Å². The van der Waals surface area contributed by atoms with Gasteiger partial charge in [0.05, 0.1) is 0 Å². The third-order valence-electron chi connectivity index (χ3n) is 1.55. The van der Waals surface area contributed by atoms with E-state index in [0.29, 0.717) is 5.88 Å². The van der Waals surface area contributed by atoms with Crippen LogP contribution in [0.5, 0.6) is 0 Å². The van der Waals surface area contributed by atoms with Crippen molar-refractivity contribution in [2.75, 3.05) is 27.2 Å². The molecule has 0 fully saturated rings. The fourth-order valence-corrected chi connectivity index (χ4v) is 2.92. The number of hydrogen-bond donors (Lipinski definition) is 0. The van der Waals surface area contributed by atoms with Gasteiger partial charge in [-0.1, -0.05) is 0 Å². The van der Waals surface area contributed by atoms with E-state index < -0.39 is 8.80 Å². The van der Waals surface area contributed by atoms with E-state index in [2.05, 4.69) is 0 Å². The van der Waals surface area contributed by atoms with E-state index in [1.54, 1.807) is 21.3 Å². The van der Waals surface area contributed by atoms with E-state index in [0.717, 1.165) is 12.5 Å². The summed E-state index contributed by atoms with van der Waals surface area (Å²) in [4.78, 5) is 0. The minimum atomic E-state index is -2.32. The molecule has 0 aliphatic rings.